The Labute approximate surface area is 90.8 Å². The maximum atomic E-state index is 3.74. The third-order valence-electron chi connectivity index (χ3n) is 2.84. The van der Waals surface area contributed by atoms with Crippen LogP contribution in [0.1, 0.15) is 65.7 Å². The van der Waals surface area contributed by atoms with E-state index in [1.807, 2.05) is 6.08 Å². The topological polar surface area (TPSA) is 0 Å². The van der Waals surface area contributed by atoms with Crippen LogP contribution in [0.5, 0.6) is 0 Å². The third kappa shape index (κ3) is 9.83. The van der Waals surface area contributed by atoms with Crippen LogP contribution in [-0.4, -0.2) is 0 Å². The van der Waals surface area contributed by atoms with Gasteiger partial charge in [-0.3, -0.25) is 0 Å². The molecule has 0 aliphatic heterocycles. The Balaban J connectivity index is 3.17. The van der Waals surface area contributed by atoms with E-state index in [0.29, 0.717) is 0 Å². The van der Waals surface area contributed by atoms with Crippen LogP contribution in [0.2, 0.25) is 0 Å². The molecule has 0 aromatic carbocycles. The lowest BCUT2D eigenvalue weighted by Crippen LogP contribution is -1.97. The molecule has 0 aliphatic rings. The number of rotatable bonds is 9. The number of hydrogen-bond donors (Lipinski definition) is 0. The highest BCUT2D eigenvalue weighted by molar-refractivity contribution is 4.65. The Hall–Kier alpha value is -0.260. The molecule has 0 aromatic heterocycles. The van der Waals surface area contributed by atoms with E-state index in [4.69, 9.17) is 0 Å². The van der Waals surface area contributed by atoms with Gasteiger partial charge in [0.2, 0.25) is 0 Å². The Bertz CT molecular complexity index is 124. The molecule has 0 heteroatoms. The molecular weight excluding hydrogens is 168 g/mol. The highest BCUT2D eigenvalue weighted by atomic mass is 14.1. The highest BCUT2D eigenvalue weighted by Crippen LogP contribution is 2.18. The van der Waals surface area contributed by atoms with Gasteiger partial charge >= 0.3 is 0 Å². The molecule has 0 nitrogen and oxygen atoms in total. The second-order valence-electron chi connectivity index (χ2n) is 5.00. The lowest BCUT2D eigenvalue weighted by Gasteiger charge is -2.12. The molecule has 14 heavy (non-hydrogen) atoms. The van der Waals surface area contributed by atoms with Crippen molar-refractivity contribution >= 4 is 0 Å². The van der Waals surface area contributed by atoms with E-state index in [2.05, 4.69) is 27.4 Å². The Morgan fingerprint density at radius 3 is 2.21 bits per heavy atom. The van der Waals surface area contributed by atoms with Gasteiger partial charge in [-0.25, -0.2) is 0 Å². The largest absolute Gasteiger partial charge is 0.103 e. The first-order chi connectivity index (χ1) is 6.66. The fourth-order valence-electron chi connectivity index (χ4n) is 1.72. The van der Waals surface area contributed by atoms with Crippen LogP contribution in [0.15, 0.2) is 12.7 Å². The molecule has 84 valence electrons. The number of allylic oxidation sites excluding steroid dienone is 1. The van der Waals surface area contributed by atoms with E-state index in [1.54, 1.807) is 0 Å². The quantitative estimate of drug-likeness (QED) is 0.351. The van der Waals surface area contributed by atoms with E-state index in [9.17, 15) is 0 Å². The van der Waals surface area contributed by atoms with Crippen LogP contribution in [0.25, 0.3) is 0 Å². The van der Waals surface area contributed by atoms with Gasteiger partial charge in [-0.05, 0) is 24.7 Å². The summed E-state index contributed by atoms with van der Waals surface area (Å²) in [6.07, 6.45) is 11.6. The Morgan fingerprint density at radius 1 is 0.929 bits per heavy atom. The van der Waals surface area contributed by atoms with Crippen LogP contribution < -0.4 is 0 Å². The van der Waals surface area contributed by atoms with E-state index < -0.39 is 0 Å². The maximum absolute atomic E-state index is 3.74. The zero-order chi connectivity index (χ0) is 10.8. The van der Waals surface area contributed by atoms with Crippen molar-refractivity contribution in [2.24, 2.45) is 11.8 Å². The third-order valence-corrected chi connectivity index (χ3v) is 2.84. The van der Waals surface area contributed by atoms with Crippen molar-refractivity contribution in [3.05, 3.63) is 12.7 Å². The number of unbranched alkanes of at least 4 members (excludes halogenated alkanes) is 3. The van der Waals surface area contributed by atoms with Gasteiger partial charge in [-0.1, -0.05) is 59.0 Å². The predicted octanol–water partition coefficient (Wildman–Crippen LogP) is 5.20. The smallest absolute Gasteiger partial charge is 0.0353 e. The summed E-state index contributed by atoms with van der Waals surface area (Å²) in [5, 5.41) is 0. The van der Waals surface area contributed by atoms with Crippen molar-refractivity contribution in [2.75, 3.05) is 0 Å². The summed E-state index contributed by atoms with van der Waals surface area (Å²) in [6.45, 7) is 10.8. The van der Waals surface area contributed by atoms with Crippen molar-refractivity contribution in [2.45, 2.75) is 65.7 Å². The lowest BCUT2D eigenvalue weighted by atomic mass is 9.94. The first kappa shape index (κ1) is 13.7. The fourth-order valence-corrected chi connectivity index (χ4v) is 1.72. The van der Waals surface area contributed by atoms with Gasteiger partial charge in [0.25, 0.3) is 0 Å². The van der Waals surface area contributed by atoms with E-state index in [0.717, 1.165) is 11.8 Å². The minimum Gasteiger partial charge on any atom is -0.103 e. The van der Waals surface area contributed by atoms with Crippen molar-refractivity contribution in [3.8, 4) is 0 Å². The molecular formula is C14H28. The van der Waals surface area contributed by atoms with E-state index >= 15 is 0 Å². The molecule has 0 spiro atoms. The average molecular weight is 196 g/mol. The molecule has 0 radical (unpaired) electrons. The summed E-state index contributed by atoms with van der Waals surface area (Å²) in [5.41, 5.74) is 0. The fraction of sp³-hybridized carbons (Fsp3) is 0.857. The molecule has 0 saturated carbocycles. The van der Waals surface area contributed by atoms with E-state index in [-0.39, 0.29) is 0 Å². The standard InChI is InChI=1S/C14H28/c1-5-6-7-8-9-10-14(4)12-11-13(2)3/h5,13-14H,1,6-12H2,2-4H3. The lowest BCUT2D eigenvalue weighted by molar-refractivity contribution is 0.412. The normalized spacial score (nSPS) is 13.1. The highest BCUT2D eigenvalue weighted by Gasteiger charge is 2.03. The zero-order valence-electron chi connectivity index (χ0n) is 10.4. The summed E-state index contributed by atoms with van der Waals surface area (Å²) in [5.74, 6) is 1.80. The van der Waals surface area contributed by atoms with Crippen molar-refractivity contribution in [3.63, 3.8) is 0 Å². The van der Waals surface area contributed by atoms with E-state index in [1.165, 1.54) is 44.9 Å². The Morgan fingerprint density at radius 2 is 1.64 bits per heavy atom. The first-order valence-corrected chi connectivity index (χ1v) is 6.27. The van der Waals surface area contributed by atoms with Crippen LogP contribution in [0.3, 0.4) is 0 Å². The second kappa shape index (κ2) is 9.30. The van der Waals surface area contributed by atoms with Crippen LogP contribution >= 0.6 is 0 Å². The average Bonchev–Trinajstić information content (AvgIpc) is 2.14. The summed E-state index contributed by atoms with van der Waals surface area (Å²) in [7, 11) is 0. The molecule has 0 fully saturated rings. The SMILES string of the molecule is C=CCCCCCC(C)CCC(C)C. The molecule has 0 N–H and O–H groups in total. The molecule has 1 unspecified atom stereocenters. The predicted molar refractivity (Wildman–Crippen MR) is 66.5 cm³/mol. The zero-order valence-corrected chi connectivity index (χ0v) is 10.4. The van der Waals surface area contributed by atoms with Crippen LogP contribution in [0.4, 0.5) is 0 Å². The van der Waals surface area contributed by atoms with Crippen LogP contribution in [-0.2, 0) is 0 Å². The maximum Gasteiger partial charge on any atom is -0.0353 e. The van der Waals surface area contributed by atoms with Crippen molar-refractivity contribution in [1.82, 2.24) is 0 Å². The Kier molecular flexibility index (Phi) is 9.13. The molecule has 0 heterocycles. The van der Waals surface area contributed by atoms with Gasteiger partial charge in [-0.2, -0.15) is 0 Å². The van der Waals surface area contributed by atoms with Gasteiger partial charge < -0.3 is 0 Å². The minimum atomic E-state index is 0.873. The van der Waals surface area contributed by atoms with Gasteiger partial charge in [0.05, 0.1) is 0 Å². The molecule has 1 atom stereocenters. The number of hydrogen-bond acceptors (Lipinski definition) is 0. The van der Waals surface area contributed by atoms with Gasteiger partial charge in [0.1, 0.15) is 0 Å². The summed E-state index contributed by atoms with van der Waals surface area (Å²) < 4.78 is 0. The molecule has 0 saturated heterocycles. The van der Waals surface area contributed by atoms with Gasteiger partial charge in [0, 0.05) is 0 Å². The first-order valence-electron chi connectivity index (χ1n) is 6.27. The summed E-state index contributed by atoms with van der Waals surface area (Å²) >= 11 is 0. The minimum absolute atomic E-state index is 0.873. The molecule has 0 aliphatic carbocycles. The molecule has 0 bridgehead atoms. The van der Waals surface area contributed by atoms with Crippen molar-refractivity contribution in [1.29, 1.82) is 0 Å². The van der Waals surface area contributed by atoms with Crippen molar-refractivity contribution < 1.29 is 0 Å². The summed E-state index contributed by atoms with van der Waals surface area (Å²) in [4.78, 5) is 0. The molecule has 0 rings (SSSR count). The van der Waals surface area contributed by atoms with Crippen LogP contribution in [0, 0.1) is 11.8 Å². The molecule has 0 amide bonds. The monoisotopic (exact) mass is 196 g/mol. The second-order valence-corrected chi connectivity index (χ2v) is 5.00. The molecule has 0 aromatic rings. The summed E-state index contributed by atoms with van der Waals surface area (Å²) in [6, 6.07) is 0. The van der Waals surface area contributed by atoms with Gasteiger partial charge in [-0.15, -0.1) is 6.58 Å². The van der Waals surface area contributed by atoms with Gasteiger partial charge in [0.15, 0.2) is 0 Å².